The molecule has 3 aromatic rings. The number of hydrogen-bond donors (Lipinski definition) is 3. The molecule has 0 aromatic carbocycles. The molecule has 12 heteroatoms. The number of carbonyl (C=O) groups excluding carboxylic acids is 2. The van der Waals surface area contributed by atoms with Crippen molar-refractivity contribution in [1.82, 2.24) is 30.2 Å². The molecule has 10 nitrogen and oxygen atoms in total. The minimum Gasteiger partial charge on any atom is -0.368 e. The third-order valence-corrected chi connectivity index (χ3v) is 7.73. The molecule has 3 aromatic heterocycles. The Kier molecular flexibility index (Phi) is 7.61. The second kappa shape index (κ2) is 11.0. The highest BCUT2D eigenvalue weighted by atomic mass is 35.5. The van der Waals surface area contributed by atoms with Gasteiger partial charge in [-0.1, -0.05) is 23.2 Å². The zero-order valence-electron chi connectivity index (χ0n) is 22.1. The van der Waals surface area contributed by atoms with E-state index in [0.717, 1.165) is 30.8 Å². The second-order valence-electron chi connectivity index (χ2n) is 9.93. The van der Waals surface area contributed by atoms with E-state index in [4.69, 9.17) is 28.9 Å². The van der Waals surface area contributed by atoms with Crippen LogP contribution in [0.15, 0.2) is 12.3 Å². The number of rotatable bonds is 7. The van der Waals surface area contributed by atoms with E-state index in [9.17, 15) is 9.59 Å². The summed E-state index contributed by atoms with van der Waals surface area (Å²) in [5, 5.41) is 3.52. The summed E-state index contributed by atoms with van der Waals surface area (Å²) < 4.78 is 0. The molecule has 0 radical (unpaired) electrons. The number of nitrogens with two attached hydrogens (primary N) is 1. The smallest absolute Gasteiger partial charge is 0.260 e. The lowest BCUT2D eigenvalue weighted by molar-refractivity contribution is -0.113. The number of nitrogens with one attached hydrogen (secondary N) is 2. The number of pyridine rings is 1. The minimum absolute atomic E-state index is 0.0550. The largest absolute Gasteiger partial charge is 0.368 e. The predicted octanol–water partition coefficient (Wildman–Crippen LogP) is 3.93. The maximum absolute atomic E-state index is 13.7. The van der Waals surface area contributed by atoms with Gasteiger partial charge in [0.2, 0.25) is 5.95 Å². The van der Waals surface area contributed by atoms with E-state index >= 15 is 0 Å². The van der Waals surface area contributed by atoms with Crippen LogP contribution in [0.4, 0.5) is 11.8 Å². The van der Waals surface area contributed by atoms with Crippen LogP contribution in [0.1, 0.15) is 57.0 Å². The molecule has 0 aliphatic carbocycles. The Labute approximate surface area is 236 Å². The lowest BCUT2D eigenvalue weighted by Crippen LogP contribution is -2.33. The average molecular weight is 569 g/mol. The summed E-state index contributed by atoms with van der Waals surface area (Å²) >= 11 is 12.9. The Morgan fingerprint density at radius 1 is 1.21 bits per heavy atom. The molecule has 2 aliphatic heterocycles. The highest BCUT2D eigenvalue weighted by Gasteiger charge is 2.38. The van der Waals surface area contributed by atoms with Crippen LogP contribution < -0.4 is 16.0 Å². The lowest BCUT2D eigenvalue weighted by Gasteiger charge is -2.16. The zero-order valence-corrected chi connectivity index (χ0v) is 23.6. The molecule has 2 amide bonds. The number of hydrogen-bond acceptors (Lipinski definition) is 7. The van der Waals surface area contributed by atoms with Gasteiger partial charge in [-0.15, -0.1) is 0 Å². The molecule has 2 aliphatic rings. The van der Waals surface area contributed by atoms with Gasteiger partial charge in [0.05, 0.1) is 34.0 Å². The molecule has 39 heavy (non-hydrogen) atoms. The number of anilines is 2. The van der Waals surface area contributed by atoms with Gasteiger partial charge in [0.1, 0.15) is 5.15 Å². The summed E-state index contributed by atoms with van der Waals surface area (Å²) in [6.07, 6.45) is 5.78. The maximum Gasteiger partial charge on any atom is 0.260 e. The summed E-state index contributed by atoms with van der Waals surface area (Å²) in [5.41, 5.74) is 10.5. The number of aryl methyl sites for hydroxylation is 2. The van der Waals surface area contributed by atoms with E-state index in [1.807, 2.05) is 20.8 Å². The van der Waals surface area contributed by atoms with Crippen molar-refractivity contribution < 1.29 is 9.59 Å². The molecule has 0 bridgehead atoms. The van der Waals surface area contributed by atoms with Crippen molar-refractivity contribution in [2.75, 3.05) is 36.8 Å². The summed E-state index contributed by atoms with van der Waals surface area (Å²) in [6, 6.07) is 1.78. The Morgan fingerprint density at radius 3 is 2.67 bits per heavy atom. The van der Waals surface area contributed by atoms with Gasteiger partial charge < -0.3 is 20.9 Å². The molecule has 1 fully saturated rings. The van der Waals surface area contributed by atoms with Crippen molar-refractivity contribution in [2.24, 2.45) is 0 Å². The van der Waals surface area contributed by atoms with Gasteiger partial charge in [0.15, 0.2) is 5.82 Å². The maximum atomic E-state index is 13.7. The number of aromatic nitrogens is 4. The van der Waals surface area contributed by atoms with Crippen molar-refractivity contribution in [1.29, 1.82) is 0 Å². The fraction of sp³-hybridized carbons (Fsp3) is 0.370. The first-order chi connectivity index (χ1) is 18.6. The third-order valence-electron chi connectivity index (χ3n) is 7.13. The molecule has 1 saturated heterocycles. The second-order valence-corrected chi connectivity index (χ2v) is 10.7. The summed E-state index contributed by atoms with van der Waals surface area (Å²) in [6.45, 7) is 9.19. The molecule has 0 unspecified atom stereocenters. The van der Waals surface area contributed by atoms with Gasteiger partial charge in [-0.2, -0.15) is 4.98 Å². The number of halogens is 2. The SMILES string of the molecule is Cc1cnc(CN2C(=O)/C(=C\c3[nH]c(C)c(C(=O)NCCN4CCCC4)c3C)c3c(Cl)nc(N)nc32)c(Cl)c1. The number of carbonyl (C=O) groups is 2. The number of likely N-dealkylation sites (tertiary alicyclic amines) is 1. The van der Waals surface area contributed by atoms with Crippen molar-refractivity contribution in [3.63, 3.8) is 0 Å². The average Bonchev–Trinajstić information content (AvgIpc) is 3.55. The molecule has 0 spiro atoms. The van der Waals surface area contributed by atoms with Crippen molar-refractivity contribution in [3.05, 3.63) is 61.8 Å². The van der Waals surface area contributed by atoms with E-state index in [0.29, 0.717) is 39.8 Å². The molecule has 5 heterocycles. The van der Waals surface area contributed by atoms with Crippen LogP contribution in [0.3, 0.4) is 0 Å². The Bertz CT molecular complexity index is 1490. The highest BCUT2D eigenvalue weighted by Crippen LogP contribution is 2.42. The highest BCUT2D eigenvalue weighted by molar-refractivity contribution is 6.41. The van der Waals surface area contributed by atoms with Crippen molar-refractivity contribution >= 4 is 58.4 Å². The monoisotopic (exact) mass is 568 g/mol. The summed E-state index contributed by atoms with van der Waals surface area (Å²) in [4.78, 5) is 46.6. The van der Waals surface area contributed by atoms with Gasteiger partial charge in [0, 0.05) is 30.7 Å². The van der Waals surface area contributed by atoms with Gasteiger partial charge in [-0.25, -0.2) is 4.98 Å². The van der Waals surface area contributed by atoms with E-state index in [1.54, 1.807) is 18.3 Å². The Hall–Kier alpha value is -3.47. The van der Waals surface area contributed by atoms with E-state index in [-0.39, 0.29) is 40.9 Å². The van der Waals surface area contributed by atoms with E-state index in [1.165, 1.54) is 17.7 Å². The van der Waals surface area contributed by atoms with Crippen LogP contribution >= 0.6 is 23.2 Å². The first-order valence-electron chi connectivity index (χ1n) is 12.8. The molecule has 0 atom stereocenters. The normalized spacial score (nSPS) is 16.4. The Morgan fingerprint density at radius 2 is 1.95 bits per heavy atom. The zero-order chi connectivity index (χ0) is 27.8. The number of nitrogen functional groups attached to an aromatic ring is 1. The summed E-state index contributed by atoms with van der Waals surface area (Å²) in [5.74, 6) is -0.281. The quantitative estimate of drug-likeness (QED) is 0.290. The van der Waals surface area contributed by atoms with Gasteiger partial charge >= 0.3 is 0 Å². The first kappa shape index (κ1) is 27.1. The number of fused-ring (bicyclic) bond motifs is 1. The number of amides is 2. The molecule has 204 valence electrons. The van der Waals surface area contributed by atoms with E-state index < -0.39 is 0 Å². The predicted molar refractivity (Wildman–Crippen MR) is 153 cm³/mol. The van der Waals surface area contributed by atoms with Crippen LogP contribution in [0.5, 0.6) is 0 Å². The van der Waals surface area contributed by atoms with Crippen LogP contribution in [0.2, 0.25) is 10.2 Å². The van der Waals surface area contributed by atoms with Crippen molar-refractivity contribution in [3.8, 4) is 0 Å². The van der Waals surface area contributed by atoms with Crippen LogP contribution in [0.25, 0.3) is 11.6 Å². The topological polar surface area (TPSA) is 133 Å². The number of H-pyrrole nitrogens is 1. The fourth-order valence-electron chi connectivity index (χ4n) is 5.15. The number of nitrogens with zero attached hydrogens (tertiary/aromatic N) is 5. The van der Waals surface area contributed by atoms with E-state index in [2.05, 4.69) is 30.2 Å². The lowest BCUT2D eigenvalue weighted by atomic mass is 10.1. The first-order valence-corrected chi connectivity index (χ1v) is 13.6. The third kappa shape index (κ3) is 5.36. The van der Waals surface area contributed by atoms with Crippen LogP contribution in [0, 0.1) is 20.8 Å². The standard InChI is InChI=1S/C27H30Cl2N8O2/c1-14-10-18(28)20(32-12-14)13-37-24-22(23(29)34-27(30)35-24)17(26(37)39)11-19-15(2)21(16(3)33-19)25(38)31-6-9-36-7-4-5-8-36/h10-12,33H,4-9,13H2,1-3H3,(H,31,38)(H2,30,34,35)/b17-11-. The summed E-state index contributed by atoms with van der Waals surface area (Å²) in [7, 11) is 0. The molecule has 0 saturated carbocycles. The van der Waals surface area contributed by atoms with Crippen LogP contribution in [-0.4, -0.2) is 62.8 Å². The fourth-order valence-corrected chi connectivity index (χ4v) is 5.70. The number of aromatic amines is 1. The molecule has 5 rings (SSSR count). The van der Waals surface area contributed by atoms with Gasteiger partial charge in [-0.3, -0.25) is 19.5 Å². The van der Waals surface area contributed by atoms with Gasteiger partial charge in [0.25, 0.3) is 11.8 Å². The minimum atomic E-state index is -0.353. The van der Waals surface area contributed by atoms with Crippen molar-refractivity contribution in [2.45, 2.75) is 40.2 Å². The van der Waals surface area contributed by atoms with Crippen LogP contribution in [-0.2, 0) is 11.3 Å². The van der Waals surface area contributed by atoms with Gasteiger partial charge in [-0.05, 0) is 70.0 Å². The molecule has 4 N–H and O–H groups in total. The molecular formula is C27H30Cl2N8O2. The molecular weight excluding hydrogens is 539 g/mol. The Balaban J connectivity index is 1.46.